The lowest BCUT2D eigenvalue weighted by atomic mass is 10.3. The molecule has 21 heavy (non-hydrogen) atoms. The average molecular weight is 312 g/mol. The van der Waals surface area contributed by atoms with Crippen molar-refractivity contribution in [2.24, 2.45) is 0 Å². The lowest BCUT2D eigenvalue weighted by Crippen LogP contribution is -2.40. The number of rotatable bonds is 8. The molecule has 1 fully saturated rings. The normalized spacial score (nSPS) is 15.0. The third-order valence-electron chi connectivity index (χ3n) is 3.15. The summed E-state index contributed by atoms with van der Waals surface area (Å²) in [5, 5.41) is 2.67. The van der Waals surface area contributed by atoms with Crippen LogP contribution in [0.3, 0.4) is 0 Å². The number of carbonyl (C=O) groups excluding carboxylic acids is 1. The Hall–Kier alpha value is -1.60. The van der Waals surface area contributed by atoms with E-state index in [-0.39, 0.29) is 18.6 Å². The van der Waals surface area contributed by atoms with Gasteiger partial charge in [-0.05, 0) is 25.0 Å². The Labute approximate surface area is 125 Å². The van der Waals surface area contributed by atoms with Crippen LogP contribution in [0.4, 0.5) is 0 Å². The molecule has 0 bridgehead atoms. The Morgan fingerprint density at radius 1 is 1.33 bits per heavy atom. The summed E-state index contributed by atoms with van der Waals surface area (Å²) in [7, 11) is -3.20. The summed E-state index contributed by atoms with van der Waals surface area (Å²) >= 11 is 0. The van der Waals surface area contributed by atoms with Crippen LogP contribution < -0.4 is 10.1 Å². The van der Waals surface area contributed by atoms with Crippen LogP contribution >= 0.6 is 0 Å². The highest BCUT2D eigenvalue weighted by molar-refractivity contribution is 7.88. The van der Waals surface area contributed by atoms with Crippen molar-refractivity contribution in [2.45, 2.75) is 18.9 Å². The molecule has 1 saturated carbocycles. The fourth-order valence-electron chi connectivity index (χ4n) is 2.00. The topological polar surface area (TPSA) is 75.7 Å². The summed E-state index contributed by atoms with van der Waals surface area (Å²) in [4.78, 5) is 11.6. The van der Waals surface area contributed by atoms with Gasteiger partial charge in [0.1, 0.15) is 5.75 Å². The highest BCUT2D eigenvalue weighted by Gasteiger charge is 2.34. The van der Waals surface area contributed by atoms with E-state index in [0.717, 1.165) is 12.8 Å². The summed E-state index contributed by atoms with van der Waals surface area (Å²) in [6, 6.07) is 9.17. The second-order valence-corrected chi connectivity index (χ2v) is 6.99. The lowest BCUT2D eigenvalue weighted by molar-refractivity contribution is -0.123. The molecule has 1 aliphatic carbocycles. The van der Waals surface area contributed by atoms with Crippen molar-refractivity contribution >= 4 is 15.9 Å². The zero-order valence-corrected chi connectivity index (χ0v) is 12.8. The first-order valence-electron chi connectivity index (χ1n) is 6.88. The van der Waals surface area contributed by atoms with Gasteiger partial charge < -0.3 is 10.1 Å². The van der Waals surface area contributed by atoms with Crippen LogP contribution in [0, 0.1) is 0 Å². The van der Waals surface area contributed by atoms with E-state index < -0.39 is 10.0 Å². The number of sulfonamides is 1. The zero-order chi connectivity index (χ0) is 15.3. The number of para-hydroxylation sites is 1. The molecule has 1 aromatic rings. The molecular weight excluding hydrogens is 292 g/mol. The number of carbonyl (C=O) groups is 1. The van der Waals surface area contributed by atoms with Crippen molar-refractivity contribution in [3.8, 4) is 5.75 Å². The van der Waals surface area contributed by atoms with E-state index in [2.05, 4.69) is 5.32 Å². The average Bonchev–Trinajstić information content (AvgIpc) is 3.25. The molecule has 116 valence electrons. The first-order valence-corrected chi connectivity index (χ1v) is 8.73. The van der Waals surface area contributed by atoms with Gasteiger partial charge in [-0.15, -0.1) is 0 Å². The maximum Gasteiger partial charge on any atom is 0.257 e. The van der Waals surface area contributed by atoms with Gasteiger partial charge in [0.15, 0.2) is 6.61 Å². The molecule has 0 unspecified atom stereocenters. The van der Waals surface area contributed by atoms with Gasteiger partial charge in [0.2, 0.25) is 10.0 Å². The largest absolute Gasteiger partial charge is 0.484 e. The number of hydrogen-bond acceptors (Lipinski definition) is 4. The van der Waals surface area contributed by atoms with E-state index in [1.807, 2.05) is 18.2 Å². The highest BCUT2D eigenvalue weighted by Crippen LogP contribution is 2.28. The molecule has 0 radical (unpaired) electrons. The van der Waals surface area contributed by atoms with Crippen LogP contribution in [0.25, 0.3) is 0 Å². The second-order valence-electron chi connectivity index (χ2n) is 5.06. The molecule has 7 heteroatoms. The van der Waals surface area contributed by atoms with Crippen molar-refractivity contribution in [2.75, 3.05) is 26.0 Å². The second kappa shape index (κ2) is 6.91. The Morgan fingerprint density at radius 3 is 2.57 bits per heavy atom. The number of benzene rings is 1. The number of ether oxygens (including phenoxy) is 1. The van der Waals surface area contributed by atoms with Crippen LogP contribution in [0.5, 0.6) is 5.75 Å². The van der Waals surface area contributed by atoms with Gasteiger partial charge in [-0.25, -0.2) is 8.42 Å². The van der Waals surface area contributed by atoms with Gasteiger partial charge in [-0.3, -0.25) is 4.79 Å². The molecule has 6 nitrogen and oxygen atoms in total. The SMILES string of the molecule is CS(=O)(=O)N(CCNC(=O)COc1ccccc1)C1CC1. The Kier molecular flexibility index (Phi) is 5.19. The van der Waals surface area contributed by atoms with Crippen molar-refractivity contribution in [3.05, 3.63) is 30.3 Å². The monoisotopic (exact) mass is 312 g/mol. The molecular formula is C14H20N2O4S. The predicted molar refractivity (Wildman–Crippen MR) is 79.5 cm³/mol. The van der Waals surface area contributed by atoms with Crippen molar-refractivity contribution in [1.82, 2.24) is 9.62 Å². The van der Waals surface area contributed by atoms with Gasteiger partial charge in [-0.1, -0.05) is 18.2 Å². The van der Waals surface area contributed by atoms with E-state index in [0.29, 0.717) is 18.8 Å². The fourth-order valence-corrected chi connectivity index (χ4v) is 3.18. The summed E-state index contributed by atoms with van der Waals surface area (Å²) < 4.78 is 29.9. The van der Waals surface area contributed by atoms with E-state index in [4.69, 9.17) is 4.74 Å². The van der Waals surface area contributed by atoms with Crippen molar-refractivity contribution < 1.29 is 17.9 Å². The van der Waals surface area contributed by atoms with Crippen LogP contribution in [0.1, 0.15) is 12.8 Å². The smallest absolute Gasteiger partial charge is 0.257 e. The van der Waals surface area contributed by atoms with Gasteiger partial charge in [0.25, 0.3) is 5.91 Å². The molecule has 0 atom stereocenters. The highest BCUT2D eigenvalue weighted by atomic mass is 32.2. The molecule has 1 aromatic carbocycles. The minimum Gasteiger partial charge on any atom is -0.484 e. The summed E-state index contributed by atoms with van der Waals surface area (Å²) in [5.74, 6) is 0.367. The number of nitrogens with one attached hydrogen (secondary N) is 1. The van der Waals surface area contributed by atoms with Crippen LogP contribution in [0.15, 0.2) is 30.3 Å². The number of amides is 1. The first kappa shape index (κ1) is 15.8. The third-order valence-corrected chi connectivity index (χ3v) is 4.48. The number of hydrogen-bond donors (Lipinski definition) is 1. The Balaban J connectivity index is 1.69. The van der Waals surface area contributed by atoms with E-state index in [1.165, 1.54) is 10.6 Å². The molecule has 1 amide bonds. The van der Waals surface area contributed by atoms with Gasteiger partial charge in [0, 0.05) is 19.1 Å². The summed E-state index contributed by atoms with van der Waals surface area (Å²) in [5.41, 5.74) is 0. The maximum atomic E-state index is 11.6. The molecule has 0 spiro atoms. The van der Waals surface area contributed by atoms with Gasteiger partial charge in [0.05, 0.1) is 6.26 Å². The molecule has 1 aliphatic rings. The van der Waals surface area contributed by atoms with Gasteiger partial charge >= 0.3 is 0 Å². The fraction of sp³-hybridized carbons (Fsp3) is 0.500. The lowest BCUT2D eigenvalue weighted by Gasteiger charge is -2.19. The molecule has 0 heterocycles. The third kappa shape index (κ3) is 5.35. The minimum atomic E-state index is -3.20. The molecule has 0 aliphatic heterocycles. The molecule has 1 N–H and O–H groups in total. The van der Waals surface area contributed by atoms with Crippen LogP contribution in [-0.2, 0) is 14.8 Å². The minimum absolute atomic E-state index is 0.0771. The molecule has 0 saturated heterocycles. The summed E-state index contributed by atoms with van der Waals surface area (Å²) in [6.45, 7) is 0.521. The first-order chi connectivity index (χ1) is 9.97. The Morgan fingerprint density at radius 2 is 2.00 bits per heavy atom. The van der Waals surface area contributed by atoms with Crippen molar-refractivity contribution in [3.63, 3.8) is 0 Å². The standard InChI is InChI=1S/C14H20N2O4S/c1-21(18,19)16(12-7-8-12)10-9-15-14(17)11-20-13-5-3-2-4-6-13/h2-6,12H,7-11H2,1H3,(H,15,17). The van der Waals surface area contributed by atoms with Crippen molar-refractivity contribution in [1.29, 1.82) is 0 Å². The maximum absolute atomic E-state index is 11.6. The quantitative estimate of drug-likeness (QED) is 0.763. The molecule has 0 aromatic heterocycles. The Bertz CT molecular complexity index is 570. The number of nitrogens with zero attached hydrogens (tertiary/aromatic N) is 1. The van der Waals surface area contributed by atoms with E-state index in [1.54, 1.807) is 12.1 Å². The van der Waals surface area contributed by atoms with Gasteiger partial charge in [-0.2, -0.15) is 4.31 Å². The van der Waals surface area contributed by atoms with Crippen LogP contribution in [-0.4, -0.2) is 50.6 Å². The van der Waals surface area contributed by atoms with Crippen LogP contribution in [0.2, 0.25) is 0 Å². The predicted octanol–water partition coefficient (Wildman–Crippen LogP) is 0.606. The zero-order valence-electron chi connectivity index (χ0n) is 12.0. The summed E-state index contributed by atoms with van der Waals surface area (Å²) in [6.07, 6.45) is 3.00. The van der Waals surface area contributed by atoms with E-state index >= 15 is 0 Å². The molecule has 2 rings (SSSR count). The van der Waals surface area contributed by atoms with E-state index in [9.17, 15) is 13.2 Å².